The van der Waals surface area contributed by atoms with Crippen molar-refractivity contribution in [1.29, 1.82) is 0 Å². The molecule has 2 rings (SSSR count). The van der Waals surface area contributed by atoms with Crippen molar-refractivity contribution in [2.24, 2.45) is 0 Å². The van der Waals surface area contributed by atoms with E-state index in [9.17, 15) is 14.7 Å². The number of carboxylic acid groups (broad SMARTS) is 1. The first-order valence-electron chi connectivity index (χ1n) is 7.76. The lowest BCUT2D eigenvalue weighted by atomic mass is 10.0. The first kappa shape index (κ1) is 18.5. The molecular formula is C17H21BrN2O4. The number of fused-ring (bicyclic) bond motifs is 1. The van der Waals surface area contributed by atoms with E-state index in [1.54, 1.807) is 6.20 Å². The molecular weight excluding hydrogens is 376 g/mol. The van der Waals surface area contributed by atoms with Gasteiger partial charge in [0.1, 0.15) is 6.04 Å². The van der Waals surface area contributed by atoms with Crippen LogP contribution in [-0.2, 0) is 20.7 Å². The van der Waals surface area contributed by atoms with Gasteiger partial charge in [0.25, 0.3) is 0 Å². The maximum atomic E-state index is 11.9. The second-order valence-electron chi connectivity index (χ2n) is 5.84. The van der Waals surface area contributed by atoms with E-state index in [-0.39, 0.29) is 31.5 Å². The molecule has 130 valence electrons. The highest BCUT2D eigenvalue weighted by Gasteiger charge is 2.21. The normalized spacial score (nSPS) is 12.5. The smallest absolute Gasteiger partial charge is 0.326 e. The zero-order valence-corrected chi connectivity index (χ0v) is 15.2. The minimum absolute atomic E-state index is 0.0396. The van der Waals surface area contributed by atoms with Gasteiger partial charge in [0.15, 0.2) is 0 Å². The molecule has 0 bridgehead atoms. The first-order valence-corrected chi connectivity index (χ1v) is 8.55. The van der Waals surface area contributed by atoms with Crippen molar-refractivity contribution >= 4 is 38.7 Å². The number of aliphatic carboxylic acids is 1. The third-order valence-corrected chi connectivity index (χ3v) is 4.06. The Kier molecular flexibility index (Phi) is 6.39. The molecule has 2 aromatic rings. The van der Waals surface area contributed by atoms with Crippen molar-refractivity contribution in [3.05, 3.63) is 34.4 Å². The van der Waals surface area contributed by atoms with Crippen LogP contribution >= 0.6 is 15.9 Å². The summed E-state index contributed by atoms with van der Waals surface area (Å²) in [4.78, 5) is 26.5. The molecule has 1 unspecified atom stereocenters. The van der Waals surface area contributed by atoms with E-state index in [2.05, 4.69) is 26.2 Å². The summed E-state index contributed by atoms with van der Waals surface area (Å²) in [5.41, 5.74) is 1.77. The number of carbonyl (C=O) groups is 2. The number of aromatic nitrogens is 1. The van der Waals surface area contributed by atoms with Gasteiger partial charge >= 0.3 is 5.97 Å². The maximum absolute atomic E-state index is 11.9. The summed E-state index contributed by atoms with van der Waals surface area (Å²) in [6.07, 6.45) is 2.17. The van der Waals surface area contributed by atoms with Crippen LogP contribution in [0.4, 0.5) is 0 Å². The topological polar surface area (TPSA) is 91.4 Å². The quantitative estimate of drug-likeness (QED) is 0.639. The number of rotatable bonds is 8. The van der Waals surface area contributed by atoms with Gasteiger partial charge in [0, 0.05) is 34.4 Å². The molecule has 0 aliphatic rings. The molecule has 1 atom stereocenters. The Labute approximate surface area is 148 Å². The van der Waals surface area contributed by atoms with E-state index >= 15 is 0 Å². The van der Waals surface area contributed by atoms with Crippen molar-refractivity contribution in [1.82, 2.24) is 10.3 Å². The average Bonchev–Trinajstić information content (AvgIpc) is 2.88. The minimum Gasteiger partial charge on any atom is -0.480 e. The molecule has 1 heterocycles. The Hall–Kier alpha value is -1.86. The van der Waals surface area contributed by atoms with Crippen molar-refractivity contribution in [2.75, 3.05) is 6.61 Å². The third-order valence-electron chi connectivity index (χ3n) is 3.57. The second kappa shape index (κ2) is 8.30. The van der Waals surface area contributed by atoms with Crippen molar-refractivity contribution in [3.8, 4) is 0 Å². The number of ether oxygens (including phenoxy) is 1. The summed E-state index contributed by atoms with van der Waals surface area (Å²) in [7, 11) is 0. The van der Waals surface area contributed by atoms with Crippen molar-refractivity contribution in [2.45, 2.75) is 38.8 Å². The van der Waals surface area contributed by atoms with Crippen LogP contribution in [0, 0.1) is 0 Å². The highest BCUT2D eigenvalue weighted by atomic mass is 79.9. The van der Waals surface area contributed by atoms with Gasteiger partial charge in [-0.1, -0.05) is 15.9 Å². The van der Waals surface area contributed by atoms with Gasteiger partial charge < -0.3 is 20.1 Å². The fraction of sp³-hybridized carbons (Fsp3) is 0.412. The standard InChI is InChI=1S/C17H21BrN2O4/c1-10(2)24-6-5-16(21)20-15(17(22)23)7-11-9-19-14-4-3-12(18)8-13(11)14/h3-4,8-10,15,19H,5-7H2,1-2H3,(H,20,21)(H,22,23). The van der Waals surface area contributed by atoms with E-state index in [1.807, 2.05) is 32.0 Å². The fourth-order valence-electron chi connectivity index (χ4n) is 2.39. The lowest BCUT2D eigenvalue weighted by Crippen LogP contribution is -2.42. The minimum atomic E-state index is -1.06. The predicted octanol–water partition coefficient (Wildman–Crippen LogP) is 2.86. The van der Waals surface area contributed by atoms with E-state index in [0.717, 1.165) is 20.9 Å². The molecule has 3 N–H and O–H groups in total. The number of benzene rings is 1. The molecule has 0 radical (unpaired) electrons. The van der Waals surface area contributed by atoms with Crippen LogP contribution in [0.5, 0.6) is 0 Å². The number of carboxylic acids is 1. The van der Waals surface area contributed by atoms with Gasteiger partial charge in [0.05, 0.1) is 12.7 Å². The highest BCUT2D eigenvalue weighted by molar-refractivity contribution is 9.10. The lowest BCUT2D eigenvalue weighted by molar-refractivity contribution is -0.142. The molecule has 1 aromatic carbocycles. The summed E-state index contributed by atoms with van der Waals surface area (Å²) in [5, 5.41) is 12.9. The van der Waals surface area contributed by atoms with Gasteiger partial charge in [-0.05, 0) is 37.6 Å². The number of H-pyrrole nitrogens is 1. The third kappa shape index (κ3) is 5.07. The van der Waals surface area contributed by atoms with Gasteiger partial charge in [-0.2, -0.15) is 0 Å². The van der Waals surface area contributed by atoms with Crippen LogP contribution in [0.2, 0.25) is 0 Å². The van der Waals surface area contributed by atoms with E-state index in [0.29, 0.717) is 0 Å². The molecule has 7 heteroatoms. The summed E-state index contributed by atoms with van der Waals surface area (Å²) in [6.45, 7) is 4.04. The number of amides is 1. The molecule has 6 nitrogen and oxygen atoms in total. The maximum Gasteiger partial charge on any atom is 0.326 e. The Balaban J connectivity index is 2.04. The van der Waals surface area contributed by atoms with E-state index < -0.39 is 12.0 Å². The number of aromatic amines is 1. The number of carbonyl (C=O) groups excluding carboxylic acids is 1. The van der Waals surface area contributed by atoms with Crippen LogP contribution < -0.4 is 5.32 Å². The van der Waals surface area contributed by atoms with Gasteiger partial charge in [-0.15, -0.1) is 0 Å². The number of halogens is 1. The Bertz CT molecular complexity index is 726. The molecule has 0 aliphatic heterocycles. The highest BCUT2D eigenvalue weighted by Crippen LogP contribution is 2.23. The zero-order valence-electron chi connectivity index (χ0n) is 13.6. The molecule has 0 saturated heterocycles. The van der Waals surface area contributed by atoms with Crippen LogP contribution in [0.25, 0.3) is 10.9 Å². The number of hydrogen-bond donors (Lipinski definition) is 3. The molecule has 24 heavy (non-hydrogen) atoms. The van der Waals surface area contributed by atoms with Crippen LogP contribution in [0.3, 0.4) is 0 Å². The monoisotopic (exact) mass is 396 g/mol. The molecule has 1 aromatic heterocycles. The first-order chi connectivity index (χ1) is 11.4. The molecule has 0 fully saturated rings. The van der Waals surface area contributed by atoms with Crippen LogP contribution in [0.1, 0.15) is 25.8 Å². The number of hydrogen-bond acceptors (Lipinski definition) is 3. The molecule has 0 aliphatic carbocycles. The van der Waals surface area contributed by atoms with E-state index in [4.69, 9.17) is 4.74 Å². The fourth-order valence-corrected chi connectivity index (χ4v) is 2.75. The van der Waals surface area contributed by atoms with Gasteiger partial charge in [-0.3, -0.25) is 4.79 Å². The van der Waals surface area contributed by atoms with Gasteiger partial charge in [0.2, 0.25) is 5.91 Å². The summed E-state index contributed by atoms with van der Waals surface area (Å²) >= 11 is 3.41. The molecule has 0 saturated carbocycles. The zero-order chi connectivity index (χ0) is 17.7. The summed E-state index contributed by atoms with van der Waals surface area (Å²) in [5.74, 6) is -1.39. The Morgan fingerprint density at radius 2 is 2.12 bits per heavy atom. The van der Waals surface area contributed by atoms with E-state index in [1.165, 1.54) is 0 Å². The predicted molar refractivity (Wildman–Crippen MR) is 95.0 cm³/mol. The van der Waals surface area contributed by atoms with Crippen LogP contribution in [-0.4, -0.2) is 40.7 Å². The van der Waals surface area contributed by atoms with Crippen LogP contribution in [0.15, 0.2) is 28.9 Å². The lowest BCUT2D eigenvalue weighted by Gasteiger charge is -2.15. The van der Waals surface area contributed by atoms with Gasteiger partial charge in [-0.25, -0.2) is 4.79 Å². The van der Waals surface area contributed by atoms with Crippen molar-refractivity contribution < 1.29 is 19.4 Å². The summed E-state index contributed by atoms with van der Waals surface area (Å²) in [6, 6.07) is 4.78. The second-order valence-corrected chi connectivity index (χ2v) is 6.75. The molecule has 1 amide bonds. The molecule has 0 spiro atoms. The SMILES string of the molecule is CC(C)OCCC(=O)NC(Cc1c[nH]c2ccc(Br)cc12)C(=O)O. The summed E-state index contributed by atoms with van der Waals surface area (Å²) < 4.78 is 6.23. The Morgan fingerprint density at radius 3 is 2.79 bits per heavy atom. The average molecular weight is 397 g/mol. The largest absolute Gasteiger partial charge is 0.480 e. The number of nitrogens with one attached hydrogen (secondary N) is 2. The Morgan fingerprint density at radius 1 is 1.38 bits per heavy atom. The van der Waals surface area contributed by atoms with Crippen molar-refractivity contribution in [3.63, 3.8) is 0 Å².